The fourth-order valence-corrected chi connectivity index (χ4v) is 4.93. The molecule has 2 aromatic heterocycles. The lowest BCUT2D eigenvalue weighted by molar-refractivity contribution is 0.0994. The topological polar surface area (TPSA) is 34.9 Å². The highest BCUT2D eigenvalue weighted by Crippen LogP contribution is 2.32. The highest BCUT2D eigenvalue weighted by molar-refractivity contribution is 7.98. The van der Waals surface area contributed by atoms with E-state index < -0.39 is 0 Å². The van der Waals surface area contributed by atoms with E-state index in [4.69, 9.17) is 11.6 Å². The normalized spacial score (nSPS) is 14.3. The Morgan fingerprint density at radius 1 is 1.55 bits per heavy atom. The van der Waals surface area contributed by atoms with Crippen molar-refractivity contribution in [1.29, 1.82) is 0 Å². The van der Waals surface area contributed by atoms with Gasteiger partial charge in [-0.2, -0.15) is 16.9 Å². The number of aryl methyl sites for hydroxylation is 3. The number of thioether (sulfide) groups is 1. The predicted molar refractivity (Wildman–Crippen MR) is 85.2 cm³/mol. The molecule has 0 atom stereocenters. The van der Waals surface area contributed by atoms with Gasteiger partial charge in [-0.3, -0.25) is 9.48 Å². The molecular formula is C14H15ClN2OS2. The smallest absolute Gasteiger partial charge is 0.178 e. The van der Waals surface area contributed by atoms with Crippen LogP contribution in [-0.2, 0) is 25.6 Å². The number of carbonyl (C=O) groups is 1. The fourth-order valence-electron chi connectivity index (χ4n) is 2.40. The number of rotatable bonds is 3. The van der Waals surface area contributed by atoms with E-state index in [2.05, 4.69) is 11.2 Å². The highest BCUT2D eigenvalue weighted by atomic mass is 35.5. The van der Waals surface area contributed by atoms with Gasteiger partial charge in [0.15, 0.2) is 5.78 Å². The Balaban J connectivity index is 1.84. The lowest BCUT2D eigenvalue weighted by Crippen LogP contribution is -2.07. The largest absolute Gasteiger partial charge is 0.293 e. The monoisotopic (exact) mass is 326 g/mol. The van der Waals surface area contributed by atoms with E-state index in [0.29, 0.717) is 11.4 Å². The van der Waals surface area contributed by atoms with Crippen LogP contribution in [0.1, 0.15) is 31.5 Å². The van der Waals surface area contributed by atoms with Gasteiger partial charge in [-0.15, -0.1) is 11.3 Å². The average molecular weight is 327 g/mol. The zero-order valence-electron chi connectivity index (χ0n) is 11.4. The summed E-state index contributed by atoms with van der Waals surface area (Å²) >= 11 is 9.79. The molecular weight excluding hydrogens is 312 g/mol. The summed E-state index contributed by atoms with van der Waals surface area (Å²) < 4.78 is 1.71. The second-order valence-corrected chi connectivity index (χ2v) is 7.55. The summed E-state index contributed by atoms with van der Waals surface area (Å²) in [5, 5.41) is 4.86. The van der Waals surface area contributed by atoms with Crippen LogP contribution in [0.4, 0.5) is 0 Å². The molecule has 0 fully saturated rings. The van der Waals surface area contributed by atoms with Crippen molar-refractivity contribution in [1.82, 2.24) is 9.78 Å². The van der Waals surface area contributed by atoms with Gasteiger partial charge in [0.2, 0.25) is 0 Å². The molecule has 106 valence electrons. The van der Waals surface area contributed by atoms with Gasteiger partial charge in [0.05, 0.1) is 27.7 Å². The first-order valence-corrected chi connectivity index (χ1v) is 8.81. The number of thiophene rings is 1. The summed E-state index contributed by atoms with van der Waals surface area (Å²) in [6.45, 7) is 1.86. The van der Waals surface area contributed by atoms with Crippen molar-refractivity contribution >= 4 is 40.5 Å². The lowest BCUT2D eigenvalue weighted by Gasteiger charge is -2.08. The Morgan fingerprint density at radius 3 is 3.00 bits per heavy atom. The number of fused-ring (bicyclic) bond motifs is 1. The standard InChI is InChI=1S/C14H15ClN2OS2/c1-8-14(15)10(17(2)16-8)6-11(18)13-5-9-7-19-4-3-12(9)20-13/h5H,3-4,6-7H2,1-2H3. The van der Waals surface area contributed by atoms with Gasteiger partial charge in [-0.1, -0.05) is 11.6 Å². The maximum Gasteiger partial charge on any atom is 0.178 e. The van der Waals surface area contributed by atoms with E-state index in [0.717, 1.165) is 34.2 Å². The highest BCUT2D eigenvalue weighted by Gasteiger charge is 2.20. The summed E-state index contributed by atoms with van der Waals surface area (Å²) in [5.41, 5.74) is 2.91. The molecule has 1 aliphatic heterocycles. The molecule has 0 amide bonds. The minimum atomic E-state index is 0.138. The van der Waals surface area contributed by atoms with Crippen molar-refractivity contribution in [2.24, 2.45) is 7.05 Å². The van der Waals surface area contributed by atoms with Crippen LogP contribution in [0.5, 0.6) is 0 Å². The first kappa shape index (κ1) is 14.2. The molecule has 0 saturated heterocycles. The van der Waals surface area contributed by atoms with Crippen molar-refractivity contribution < 1.29 is 4.79 Å². The van der Waals surface area contributed by atoms with Crippen LogP contribution in [-0.4, -0.2) is 21.3 Å². The molecule has 2 aromatic rings. The molecule has 0 N–H and O–H groups in total. The Bertz CT molecular complexity index is 652. The van der Waals surface area contributed by atoms with E-state index >= 15 is 0 Å². The molecule has 0 unspecified atom stereocenters. The van der Waals surface area contributed by atoms with E-state index in [1.807, 2.05) is 25.7 Å². The van der Waals surface area contributed by atoms with E-state index in [1.165, 1.54) is 10.4 Å². The first-order valence-electron chi connectivity index (χ1n) is 6.46. The number of ketones is 1. The van der Waals surface area contributed by atoms with Gasteiger partial charge < -0.3 is 0 Å². The van der Waals surface area contributed by atoms with Crippen LogP contribution in [0.15, 0.2) is 6.07 Å². The second kappa shape index (κ2) is 5.54. The molecule has 0 bridgehead atoms. The SMILES string of the molecule is Cc1nn(C)c(CC(=O)c2cc3c(s2)CCSC3)c1Cl. The number of hydrogen-bond acceptors (Lipinski definition) is 4. The molecule has 0 aliphatic carbocycles. The van der Waals surface area contributed by atoms with Gasteiger partial charge in [0.1, 0.15) is 0 Å². The summed E-state index contributed by atoms with van der Waals surface area (Å²) in [6, 6.07) is 2.06. The summed E-state index contributed by atoms with van der Waals surface area (Å²) in [7, 11) is 1.83. The third-order valence-electron chi connectivity index (χ3n) is 3.49. The molecule has 3 heterocycles. The lowest BCUT2D eigenvalue weighted by atomic mass is 10.1. The van der Waals surface area contributed by atoms with Crippen molar-refractivity contribution in [3.63, 3.8) is 0 Å². The maximum atomic E-state index is 12.4. The Labute approximate surface area is 131 Å². The molecule has 0 spiro atoms. The number of nitrogens with zero attached hydrogens (tertiary/aromatic N) is 2. The zero-order chi connectivity index (χ0) is 14.3. The molecule has 0 saturated carbocycles. The molecule has 0 radical (unpaired) electrons. The molecule has 3 rings (SSSR count). The number of aromatic nitrogens is 2. The summed E-state index contributed by atoms with van der Waals surface area (Å²) in [5.74, 6) is 2.33. The second-order valence-electron chi connectivity index (χ2n) is 4.93. The third-order valence-corrected chi connectivity index (χ3v) is 6.27. The van der Waals surface area contributed by atoms with Crippen LogP contribution in [0.2, 0.25) is 5.02 Å². The summed E-state index contributed by atoms with van der Waals surface area (Å²) in [6.07, 6.45) is 1.41. The molecule has 6 heteroatoms. The van der Waals surface area contributed by atoms with Crippen LogP contribution >= 0.6 is 34.7 Å². The van der Waals surface area contributed by atoms with Gasteiger partial charge in [-0.25, -0.2) is 0 Å². The minimum Gasteiger partial charge on any atom is -0.293 e. The predicted octanol–water partition coefficient (Wildman–Crippen LogP) is 3.66. The van der Waals surface area contributed by atoms with Crippen LogP contribution in [0.3, 0.4) is 0 Å². The molecule has 0 aromatic carbocycles. The van der Waals surface area contributed by atoms with Crippen molar-refractivity contribution in [3.05, 3.63) is 37.8 Å². The van der Waals surface area contributed by atoms with Crippen molar-refractivity contribution in [2.45, 2.75) is 25.5 Å². The third kappa shape index (κ3) is 2.54. The van der Waals surface area contributed by atoms with E-state index in [-0.39, 0.29) is 5.78 Å². The van der Waals surface area contributed by atoms with Crippen LogP contribution < -0.4 is 0 Å². The molecule has 3 nitrogen and oxygen atoms in total. The van der Waals surface area contributed by atoms with Gasteiger partial charge in [0, 0.05) is 17.7 Å². The van der Waals surface area contributed by atoms with Crippen molar-refractivity contribution in [3.8, 4) is 0 Å². The first-order chi connectivity index (χ1) is 9.56. The van der Waals surface area contributed by atoms with Gasteiger partial charge >= 0.3 is 0 Å². The quantitative estimate of drug-likeness (QED) is 0.807. The fraction of sp³-hybridized carbons (Fsp3) is 0.429. The minimum absolute atomic E-state index is 0.138. The Kier molecular flexibility index (Phi) is 3.93. The Hall–Kier alpha value is -0.780. The van der Waals surface area contributed by atoms with E-state index in [1.54, 1.807) is 16.0 Å². The maximum absolute atomic E-state index is 12.4. The van der Waals surface area contributed by atoms with Crippen molar-refractivity contribution in [2.75, 3.05) is 5.75 Å². The number of carbonyl (C=O) groups excluding carboxylic acids is 1. The van der Waals surface area contributed by atoms with Gasteiger partial charge in [-0.05, 0) is 30.7 Å². The molecule has 1 aliphatic rings. The van der Waals surface area contributed by atoms with E-state index in [9.17, 15) is 4.79 Å². The summed E-state index contributed by atoms with van der Waals surface area (Å²) in [4.78, 5) is 14.7. The van der Waals surface area contributed by atoms with Crippen LogP contribution in [0, 0.1) is 6.92 Å². The number of Topliss-reactive ketones (excluding diaryl/α,β-unsaturated/α-hetero) is 1. The average Bonchev–Trinajstić information content (AvgIpc) is 2.95. The molecule has 20 heavy (non-hydrogen) atoms. The van der Waals surface area contributed by atoms with Gasteiger partial charge in [0.25, 0.3) is 0 Å². The number of halogens is 1. The Morgan fingerprint density at radius 2 is 2.35 bits per heavy atom. The van der Waals surface area contributed by atoms with Crippen LogP contribution in [0.25, 0.3) is 0 Å². The zero-order valence-corrected chi connectivity index (χ0v) is 13.8. The number of hydrogen-bond donors (Lipinski definition) is 0.